The third kappa shape index (κ3) is 4.36. The van der Waals surface area contributed by atoms with E-state index in [9.17, 15) is 0 Å². The molecule has 0 saturated carbocycles. The van der Waals surface area contributed by atoms with Crippen LogP contribution in [0.2, 0.25) is 0 Å². The molecule has 0 aliphatic heterocycles. The molecule has 0 saturated heterocycles. The minimum absolute atomic E-state index is 0.516. The molecule has 0 bridgehead atoms. The van der Waals surface area contributed by atoms with Gasteiger partial charge in [0, 0.05) is 12.2 Å². The van der Waals surface area contributed by atoms with Gasteiger partial charge >= 0.3 is 0 Å². The molecule has 3 rings (SSSR count). The van der Waals surface area contributed by atoms with Gasteiger partial charge in [0.25, 0.3) is 0 Å². The van der Waals surface area contributed by atoms with Crippen LogP contribution in [0.15, 0.2) is 48.7 Å². The first kappa shape index (κ1) is 17.9. The Hall–Kier alpha value is -2.95. The van der Waals surface area contributed by atoms with Gasteiger partial charge in [0.05, 0.1) is 6.20 Å². The van der Waals surface area contributed by atoms with Crippen molar-refractivity contribution in [3.63, 3.8) is 0 Å². The molecule has 26 heavy (non-hydrogen) atoms. The fourth-order valence-corrected chi connectivity index (χ4v) is 2.86. The zero-order valence-corrected chi connectivity index (χ0v) is 15.6. The first-order valence-electron chi connectivity index (χ1n) is 9.06. The molecule has 2 N–H and O–H groups in total. The summed E-state index contributed by atoms with van der Waals surface area (Å²) in [7, 11) is 0. The molecule has 3 aromatic rings. The molecular formula is C21H25N5. The van der Waals surface area contributed by atoms with Gasteiger partial charge in [-0.3, -0.25) is 0 Å². The van der Waals surface area contributed by atoms with Gasteiger partial charge in [0.2, 0.25) is 5.95 Å². The number of nitrogens with zero attached hydrogens (tertiary/aromatic N) is 3. The summed E-state index contributed by atoms with van der Waals surface area (Å²) in [6.07, 6.45) is 3.59. The maximum atomic E-state index is 4.56. The lowest BCUT2D eigenvalue weighted by Gasteiger charge is -2.15. The first-order valence-corrected chi connectivity index (χ1v) is 9.06. The van der Waals surface area contributed by atoms with E-state index < -0.39 is 0 Å². The van der Waals surface area contributed by atoms with E-state index >= 15 is 0 Å². The van der Waals surface area contributed by atoms with Crippen molar-refractivity contribution in [2.45, 2.75) is 40.2 Å². The van der Waals surface area contributed by atoms with Gasteiger partial charge in [-0.25, -0.2) is 0 Å². The Morgan fingerprint density at radius 2 is 1.62 bits per heavy atom. The second kappa shape index (κ2) is 8.43. The Bertz CT molecular complexity index is 836. The van der Waals surface area contributed by atoms with Crippen LogP contribution in [0.4, 0.5) is 17.5 Å². The first-order chi connectivity index (χ1) is 12.7. The minimum atomic E-state index is 0.516. The number of nitrogens with one attached hydrogen (secondary N) is 2. The number of anilines is 3. The average molecular weight is 347 g/mol. The normalized spacial score (nSPS) is 10.6. The second-order valence-electron chi connectivity index (χ2n) is 6.29. The summed E-state index contributed by atoms with van der Waals surface area (Å²) in [5, 5.41) is 14.8. The van der Waals surface area contributed by atoms with Gasteiger partial charge < -0.3 is 10.6 Å². The Morgan fingerprint density at radius 3 is 2.27 bits per heavy atom. The van der Waals surface area contributed by atoms with Crippen molar-refractivity contribution in [2.24, 2.45) is 0 Å². The van der Waals surface area contributed by atoms with Crippen LogP contribution in [0.1, 0.15) is 36.1 Å². The highest BCUT2D eigenvalue weighted by molar-refractivity contribution is 5.65. The number of aromatic nitrogens is 3. The van der Waals surface area contributed by atoms with Crippen LogP contribution in [-0.2, 0) is 19.4 Å². The highest BCUT2D eigenvalue weighted by Gasteiger charge is 2.08. The van der Waals surface area contributed by atoms with Crippen LogP contribution in [0.5, 0.6) is 0 Å². The summed E-state index contributed by atoms with van der Waals surface area (Å²) >= 11 is 0. The highest BCUT2D eigenvalue weighted by Crippen LogP contribution is 2.25. The molecule has 0 radical (unpaired) electrons. The third-order valence-electron chi connectivity index (χ3n) is 4.38. The van der Waals surface area contributed by atoms with E-state index in [1.807, 2.05) is 0 Å². The van der Waals surface area contributed by atoms with E-state index in [0.29, 0.717) is 18.3 Å². The van der Waals surface area contributed by atoms with Gasteiger partial charge in [0.1, 0.15) is 0 Å². The monoisotopic (exact) mass is 347 g/mol. The molecular weight excluding hydrogens is 322 g/mol. The van der Waals surface area contributed by atoms with Crippen LogP contribution in [0.3, 0.4) is 0 Å². The molecule has 0 spiro atoms. The summed E-state index contributed by atoms with van der Waals surface area (Å²) in [5.74, 6) is 1.21. The maximum absolute atomic E-state index is 4.56. The van der Waals surface area contributed by atoms with Crippen molar-refractivity contribution in [3.8, 4) is 0 Å². The quantitative estimate of drug-likeness (QED) is 0.651. The standard InChI is InChI=1S/C21H25N5/c1-4-17-7-6-8-18(5-2)20(17)24-19-14-23-26-21(25-19)22-13-16-11-9-15(3)10-12-16/h6-12,14H,4-5,13H2,1-3H3,(H2,22,24,25,26). The molecule has 0 amide bonds. The Kier molecular flexibility index (Phi) is 5.79. The SMILES string of the molecule is CCc1cccc(CC)c1Nc1cnnc(NCc2ccc(C)cc2)n1. The molecule has 134 valence electrons. The van der Waals surface area contributed by atoms with Gasteiger partial charge in [-0.1, -0.05) is 61.9 Å². The lowest BCUT2D eigenvalue weighted by atomic mass is 10.0. The maximum Gasteiger partial charge on any atom is 0.244 e. The second-order valence-corrected chi connectivity index (χ2v) is 6.29. The van der Waals surface area contributed by atoms with Crippen LogP contribution >= 0.6 is 0 Å². The number of para-hydroxylation sites is 1. The summed E-state index contributed by atoms with van der Waals surface area (Å²) in [6.45, 7) is 7.06. The summed E-state index contributed by atoms with van der Waals surface area (Å²) < 4.78 is 0. The molecule has 0 unspecified atom stereocenters. The van der Waals surface area contributed by atoms with Crippen LogP contribution in [0.25, 0.3) is 0 Å². The summed E-state index contributed by atoms with van der Waals surface area (Å²) in [5.41, 5.74) is 6.11. The third-order valence-corrected chi connectivity index (χ3v) is 4.38. The number of hydrogen-bond donors (Lipinski definition) is 2. The summed E-state index contributed by atoms with van der Waals surface area (Å²) in [6, 6.07) is 14.8. The number of rotatable bonds is 7. The molecule has 0 atom stereocenters. The van der Waals surface area contributed by atoms with E-state index in [-0.39, 0.29) is 0 Å². The van der Waals surface area contributed by atoms with Crippen molar-refractivity contribution in [2.75, 3.05) is 10.6 Å². The topological polar surface area (TPSA) is 62.7 Å². The zero-order chi connectivity index (χ0) is 18.4. The lowest BCUT2D eigenvalue weighted by molar-refractivity contribution is 0.947. The van der Waals surface area contributed by atoms with E-state index in [1.54, 1.807) is 6.20 Å². The van der Waals surface area contributed by atoms with E-state index in [0.717, 1.165) is 18.5 Å². The van der Waals surface area contributed by atoms with Crippen molar-refractivity contribution in [3.05, 3.63) is 70.9 Å². The predicted octanol–water partition coefficient (Wildman–Crippen LogP) is 4.66. The Balaban J connectivity index is 1.74. The molecule has 1 heterocycles. The smallest absolute Gasteiger partial charge is 0.244 e. The van der Waals surface area contributed by atoms with Crippen LogP contribution in [0, 0.1) is 6.92 Å². The molecule has 2 aromatic carbocycles. The Morgan fingerprint density at radius 1 is 0.923 bits per heavy atom. The molecule has 1 aromatic heterocycles. The molecule has 0 aliphatic rings. The van der Waals surface area contributed by atoms with E-state index in [2.05, 4.69) is 89.1 Å². The largest absolute Gasteiger partial charge is 0.349 e. The molecule has 0 fully saturated rings. The number of benzene rings is 2. The van der Waals surface area contributed by atoms with Gasteiger partial charge in [-0.05, 0) is 36.5 Å². The number of aryl methyl sites for hydroxylation is 3. The van der Waals surface area contributed by atoms with Gasteiger partial charge in [-0.15, -0.1) is 5.10 Å². The van der Waals surface area contributed by atoms with Crippen molar-refractivity contribution >= 4 is 17.5 Å². The number of hydrogen-bond acceptors (Lipinski definition) is 5. The van der Waals surface area contributed by atoms with Crippen LogP contribution < -0.4 is 10.6 Å². The Labute approximate surface area is 154 Å². The van der Waals surface area contributed by atoms with E-state index in [4.69, 9.17) is 0 Å². The van der Waals surface area contributed by atoms with Crippen molar-refractivity contribution in [1.82, 2.24) is 15.2 Å². The fourth-order valence-electron chi connectivity index (χ4n) is 2.86. The summed E-state index contributed by atoms with van der Waals surface area (Å²) in [4.78, 5) is 4.56. The molecule has 5 nitrogen and oxygen atoms in total. The fraction of sp³-hybridized carbons (Fsp3) is 0.286. The van der Waals surface area contributed by atoms with Gasteiger partial charge in [-0.2, -0.15) is 10.1 Å². The van der Waals surface area contributed by atoms with Crippen molar-refractivity contribution in [1.29, 1.82) is 0 Å². The minimum Gasteiger partial charge on any atom is -0.349 e. The molecule has 5 heteroatoms. The average Bonchev–Trinajstić information content (AvgIpc) is 2.68. The van der Waals surface area contributed by atoms with E-state index in [1.165, 1.54) is 22.3 Å². The predicted molar refractivity (Wildman–Crippen MR) is 107 cm³/mol. The van der Waals surface area contributed by atoms with Crippen LogP contribution in [-0.4, -0.2) is 15.2 Å². The van der Waals surface area contributed by atoms with Gasteiger partial charge in [0.15, 0.2) is 5.82 Å². The lowest BCUT2D eigenvalue weighted by Crippen LogP contribution is -2.07. The highest BCUT2D eigenvalue weighted by atomic mass is 15.3. The molecule has 0 aliphatic carbocycles. The van der Waals surface area contributed by atoms with Crippen molar-refractivity contribution < 1.29 is 0 Å². The zero-order valence-electron chi connectivity index (χ0n) is 15.6.